The molecule has 1 aromatic carbocycles. The third-order valence-corrected chi connectivity index (χ3v) is 5.04. The smallest absolute Gasteiger partial charge is 0.341 e. The van der Waals surface area contributed by atoms with Gasteiger partial charge in [0.2, 0.25) is 0 Å². The van der Waals surface area contributed by atoms with Gasteiger partial charge in [0.15, 0.2) is 5.11 Å². The molecule has 0 radical (unpaired) electrons. The molecule has 0 atom stereocenters. The summed E-state index contributed by atoms with van der Waals surface area (Å²) in [6.07, 6.45) is 3.04. The van der Waals surface area contributed by atoms with Gasteiger partial charge in [-0.3, -0.25) is 15.1 Å². The molecule has 0 aliphatic carbocycles. The fourth-order valence-corrected chi connectivity index (χ4v) is 3.73. The molecule has 2 N–H and O–H groups in total. The monoisotopic (exact) mass is 411 g/mol. The van der Waals surface area contributed by atoms with Crippen molar-refractivity contribution in [2.75, 3.05) is 12.4 Å². The van der Waals surface area contributed by atoms with Crippen LogP contribution >= 0.6 is 23.6 Å². The number of aryl methyl sites for hydroxylation is 1. The Bertz CT molecular complexity index is 1010. The van der Waals surface area contributed by atoms with E-state index in [1.165, 1.54) is 30.8 Å². The van der Waals surface area contributed by atoms with Crippen LogP contribution in [-0.2, 0) is 4.74 Å². The zero-order valence-corrected chi connectivity index (χ0v) is 16.8. The first-order valence-electron chi connectivity index (χ1n) is 8.29. The van der Waals surface area contributed by atoms with E-state index in [4.69, 9.17) is 17.0 Å². The fraction of sp³-hybridized carbons (Fsp3) is 0.100. The number of esters is 1. The molecule has 1 amide bonds. The highest BCUT2D eigenvalue weighted by atomic mass is 32.1. The molecule has 0 aliphatic heterocycles. The van der Waals surface area contributed by atoms with Gasteiger partial charge >= 0.3 is 5.97 Å². The number of carbonyl (C=O) groups excluding carboxylic acids is 2. The average Bonchev–Trinajstić information content (AvgIpc) is 3.11. The molecule has 0 spiro atoms. The van der Waals surface area contributed by atoms with E-state index >= 15 is 0 Å². The minimum absolute atomic E-state index is 0.0873. The van der Waals surface area contributed by atoms with Crippen molar-refractivity contribution in [2.24, 2.45) is 0 Å². The zero-order valence-electron chi connectivity index (χ0n) is 15.2. The van der Waals surface area contributed by atoms with Gasteiger partial charge in [-0.05, 0) is 36.8 Å². The van der Waals surface area contributed by atoms with Crippen LogP contribution in [0.2, 0.25) is 0 Å². The quantitative estimate of drug-likeness (QED) is 0.498. The Hall–Kier alpha value is -3.10. The van der Waals surface area contributed by atoms with E-state index in [-0.39, 0.29) is 11.0 Å². The third-order valence-electron chi connectivity index (χ3n) is 3.94. The Labute approximate surface area is 171 Å². The Morgan fingerprint density at radius 1 is 1.11 bits per heavy atom. The number of thiophene rings is 1. The van der Waals surface area contributed by atoms with Gasteiger partial charge in [-0.2, -0.15) is 0 Å². The molecule has 0 bridgehead atoms. The number of thiocarbonyl (C=S) groups is 1. The number of methoxy groups -OCH3 is 1. The van der Waals surface area contributed by atoms with Gasteiger partial charge in [-0.1, -0.05) is 29.8 Å². The Morgan fingerprint density at radius 2 is 1.79 bits per heavy atom. The molecule has 142 valence electrons. The van der Waals surface area contributed by atoms with Crippen LogP contribution in [0, 0.1) is 6.92 Å². The number of pyridine rings is 1. The van der Waals surface area contributed by atoms with Crippen molar-refractivity contribution in [3.8, 4) is 11.1 Å². The Balaban J connectivity index is 1.83. The zero-order chi connectivity index (χ0) is 20.1. The lowest BCUT2D eigenvalue weighted by molar-refractivity contribution is 0.0603. The molecule has 0 saturated carbocycles. The second-order valence-electron chi connectivity index (χ2n) is 5.86. The average molecular weight is 412 g/mol. The molecule has 0 unspecified atom stereocenters. The molecule has 3 rings (SSSR count). The van der Waals surface area contributed by atoms with Crippen molar-refractivity contribution in [1.29, 1.82) is 0 Å². The number of hydrogen-bond acceptors (Lipinski definition) is 6. The predicted octanol–water partition coefficient (Wildman–Crippen LogP) is 4.03. The summed E-state index contributed by atoms with van der Waals surface area (Å²) in [4.78, 5) is 28.5. The summed E-state index contributed by atoms with van der Waals surface area (Å²) in [5.74, 6) is -0.850. The molecule has 6 nitrogen and oxygen atoms in total. The van der Waals surface area contributed by atoms with E-state index < -0.39 is 5.97 Å². The summed E-state index contributed by atoms with van der Waals surface area (Å²) in [5.41, 5.74) is 3.55. The number of rotatable bonds is 4. The number of carbonyl (C=O) groups is 2. The van der Waals surface area contributed by atoms with Crippen molar-refractivity contribution >= 4 is 45.5 Å². The summed E-state index contributed by atoms with van der Waals surface area (Å²) in [6, 6.07) is 11.0. The Kier molecular flexibility index (Phi) is 6.13. The number of anilines is 1. The van der Waals surface area contributed by atoms with Gasteiger partial charge in [-0.25, -0.2) is 4.79 Å². The van der Waals surface area contributed by atoms with Crippen LogP contribution in [0.3, 0.4) is 0 Å². The van der Waals surface area contributed by atoms with Crippen molar-refractivity contribution in [3.05, 3.63) is 70.9 Å². The first kappa shape index (κ1) is 19.7. The maximum absolute atomic E-state index is 12.4. The SMILES string of the molecule is COC(=O)c1c(-c2ccc(C)cc2)csc1NC(=S)NC(=O)c1ccncc1. The van der Waals surface area contributed by atoms with Crippen molar-refractivity contribution in [2.45, 2.75) is 6.92 Å². The minimum atomic E-state index is -0.484. The van der Waals surface area contributed by atoms with Crippen molar-refractivity contribution in [1.82, 2.24) is 10.3 Å². The second-order valence-corrected chi connectivity index (χ2v) is 7.14. The van der Waals surface area contributed by atoms with Gasteiger partial charge in [0.25, 0.3) is 5.91 Å². The number of amides is 1. The summed E-state index contributed by atoms with van der Waals surface area (Å²) in [5, 5.41) is 7.97. The van der Waals surface area contributed by atoms with E-state index in [9.17, 15) is 9.59 Å². The lowest BCUT2D eigenvalue weighted by Gasteiger charge is -2.10. The Morgan fingerprint density at radius 3 is 2.43 bits per heavy atom. The number of nitrogens with one attached hydrogen (secondary N) is 2. The third kappa shape index (κ3) is 4.41. The van der Waals surface area contributed by atoms with E-state index in [1.807, 2.05) is 36.6 Å². The fourth-order valence-electron chi connectivity index (χ4n) is 2.51. The second kappa shape index (κ2) is 8.73. The highest BCUT2D eigenvalue weighted by Crippen LogP contribution is 2.36. The topological polar surface area (TPSA) is 80.3 Å². The highest BCUT2D eigenvalue weighted by Gasteiger charge is 2.22. The van der Waals surface area contributed by atoms with Crippen molar-refractivity contribution in [3.63, 3.8) is 0 Å². The molecule has 0 aliphatic rings. The largest absolute Gasteiger partial charge is 0.465 e. The summed E-state index contributed by atoms with van der Waals surface area (Å²) < 4.78 is 4.94. The first-order chi connectivity index (χ1) is 13.5. The normalized spacial score (nSPS) is 10.2. The molecular formula is C20H17N3O3S2. The van der Waals surface area contributed by atoms with E-state index in [1.54, 1.807) is 12.1 Å². The van der Waals surface area contributed by atoms with Crippen LogP contribution in [0.4, 0.5) is 5.00 Å². The van der Waals surface area contributed by atoms with E-state index in [0.717, 1.165) is 16.7 Å². The number of ether oxygens (including phenoxy) is 1. The number of hydrogen-bond donors (Lipinski definition) is 2. The van der Waals surface area contributed by atoms with Crippen LogP contribution in [-0.4, -0.2) is 29.1 Å². The number of aromatic nitrogens is 1. The van der Waals surface area contributed by atoms with Crippen molar-refractivity contribution < 1.29 is 14.3 Å². The van der Waals surface area contributed by atoms with Crippen LogP contribution < -0.4 is 10.6 Å². The summed E-state index contributed by atoms with van der Waals surface area (Å²) in [7, 11) is 1.33. The first-order valence-corrected chi connectivity index (χ1v) is 9.57. The molecule has 2 heterocycles. The summed E-state index contributed by atoms with van der Waals surface area (Å²) in [6.45, 7) is 2.00. The molecule has 2 aromatic heterocycles. The molecule has 3 aromatic rings. The predicted molar refractivity (Wildman–Crippen MR) is 114 cm³/mol. The van der Waals surface area contributed by atoms with Gasteiger partial charge < -0.3 is 10.1 Å². The summed E-state index contributed by atoms with van der Waals surface area (Å²) >= 11 is 6.54. The lowest BCUT2D eigenvalue weighted by atomic mass is 10.0. The lowest BCUT2D eigenvalue weighted by Crippen LogP contribution is -2.34. The van der Waals surface area contributed by atoms with Gasteiger partial charge in [0.1, 0.15) is 10.6 Å². The van der Waals surface area contributed by atoms with Crippen LogP contribution in [0.25, 0.3) is 11.1 Å². The van der Waals surface area contributed by atoms with E-state index in [2.05, 4.69) is 15.6 Å². The van der Waals surface area contributed by atoms with Crippen LogP contribution in [0.1, 0.15) is 26.3 Å². The maximum Gasteiger partial charge on any atom is 0.341 e. The van der Waals surface area contributed by atoms with E-state index in [0.29, 0.717) is 16.1 Å². The number of nitrogens with zero attached hydrogens (tertiary/aromatic N) is 1. The maximum atomic E-state index is 12.4. The minimum Gasteiger partial charge on any atom is -0.465 e. The molecule has 0 fully saturated rings. The molecule has 28 heavy (non-hydrogen) atoms. The standard InChI is InChI=1S/C20H17N3O3S2/c1-12-3-5-13(6-4-12)15-11-28-18(16(15)19(25)26-2)23-20(27)22-17(24)14-7-9-21-10-8-14/h3-11H,1-2H3,(H2,22,23,24,27). The van der Waals surface area contributed by atoms with Gasteiger partial charge in [0, 0.05) is 28.9 Å². The molecule has 8 heteroatoms. The highest BCUT2D eigenvalue weighted by molar-refractivity contribution is 7.80. The number of benzene rings is 1. The van der Waals surface area contributed by atoms with Gasteiger partial charge in [-0.15, -0.1) is 11.3 Å². The van der Waals surface area contributed by atoms with Gasteiger partial charge in [0.05, 0.1) is 7.11 Å². The van der Waals surface area contributed by atoms with Crippen LogP contribution in [0.15, 0.2) is 54.2 Å². The molecular weight excluding hydrogens is 394 g/mol. The van der Waals surface area contributed by atoms with Crippen LogP contribution in [0.5, 0.6) is 0 Å². The molecule has 0 saturated heterocycles.